The first-order valence-electron chi connectivity index (χ1n) is 11.5. The van der Waals surface area contributed by atoms with Crippen LogP contribution < -0.4 is 11.1 Å². The molecule has 12 heteroatoms. The number of hydrogen-bond acceptors (Lipinski definition) is 10. The molecule has 0 bridgehead atoms. The van der Waals surface area contributed by atoms with Crippen LogP contribution in [0.15, 0.2) is 23.1 Å². The van der Waals surface area contributed by atoms with Crippen molar-refractivity contribution in [2.75, 3.05) is 65.2 Å². The minimum absolute atomic E-state index is 0.0870. The molecule has 11 nitrogen and oxygen atoms in total. The predicted molar refractivity (Wildman–Crippen MR) is 126 cm³/mol. The molecule has 2 aliphatic rings. The molecule has 3 N–H and O–H groups in total. The molecule has 3 rings (SSSR count). The highest BCUT2D eigenvalue weighted by Gasteiger charge is 2.45. The van der Waals surface area contributed by atoms with Crippen LogP contribution in [0.5, 0.6) is 0 Å². The number of thioether (sulfide) groups is 1. The Morgan fingerprint density at radius 3 is 2.14 bits per heavy atom. The number of imide groups is 2. The zero-order valence-electron chi connectivity index (χ0n) is 19.5. The minimum atomic E-state index is -0.976. The summed E-state index contributed by atoms with van der Waals surface area (Å²) in [5.74, 6) is -1.47. The van der Waals surface area contributed by atoms with Gasteiger partial charge in [-0.3, -0.25) is 29.4 Å². The lowest BCUT2D eigenvalue weighted by molar-refractivity contribution is -0.136. The fourth-order valence-electron chi connectivity index (χ4n) is 3.66. The molecule has 35 heavy (non-hydrogen) atoms. The molecule has 0 aliphatic carbocycles. The van der Waals surface area contributed by atoms with Crippen LogP contribution in [-0.2, 0) is 28.5 Å². The fourth-order valence-corrected chi connectivity index (χ4v) is 4.60. The number of carbonyl (C=O) groups excluding carboxylic acids is 4. The Morgan fingerprint density at radius 1 is 0.886 bits per heavy atom. The number of nitrogens with one attached hydrogen (secondary N) is 1. The lowest BCUT2D eigenvalue weighted by Crippen LogP contribution is -2.54. The second-order valence-electron chi connectivity index (χ2n) is 7.71. The van der Waals surface area contributed by atoms with E-state index >= 15 is 0 Å². The molecule has 2 aliphatic heterocycles. The van der Waals surface area contributed by atoms with Crippen LogP contribution in [0.2, 0.25) is 0 Å². The number of rotatable bonds is 16. The summed E-state index contributed by atoms with van der Waals surface area (Å²) >= 11 is 1.40. The van der Waals surface area contributed by atoms with Crippen LogP contribution in [0.3, 0.4) is 0 Å². The zero-order chi connectivity index (χ0) is 25.0. The van der Waals surface area contributed by atoms with E-state index in [1.165, 1.54) is 11.8 Å². The Bertz CT molecular complexity index is 913. The summed E-state index contributed by atoms with van der Waals surface area (Å²) < 4.78 is 21.6. The van der Waals surface area contributed by atoms with Gasteiger partial charge in [-0.1, -0.05) is 6.07 Å². The number of benzene rings is 1. The molecular weight excluding hydrogens is 478 g/mol. The maximum atomic E-state index is 13.1. The van der Waals surface area contributed by atoms with Crippen molar-refractivity contribution in [1.82, 2.24) is 10.2 Å². The van der Waals surface area contributed by atoms with Crippen LogP contribution >= 0.6 is 11.8 Å². The Labute approximate surface area is 207 Å². The fraction of sp³-hybridized carbons (Fsp3) is 0.565. The lowest BCUT2D eigenvalue weighted by Gasteiger charge is -2.27. The molecule has 1 aromatic carbocycles. The van der Waals surface area contributed by atoms with Gasteiger partial charge in [-0.25, -0.2) is 0 Å². The first kappa shape index (κ1) is 27.2. The van der Waals surface area contributed by atoms with Crippen molar-refractivity contribution in [3.8, 4) is 0 Å². The van der Waals surface area contributed by atoms with Gasteiger partial charge in [0.25, 0.3) is 11.8 Å². The minimum Gasteiger partial charge on any atom is -0.378 e. The molecule has 0 spiro atoms. The zero-order valence-corrected chi connectivity index (χ0v) is 20.3. The van der Waals surface area contributed by atoms with Gasteiger partial charge in [0.2, 0.25) is 11.8 Å². The van der Waals surface area contributed by atoms with Crippen molar-refractivity contribution in [3.63, 3.8) is 0 Å². The van der Waals surface area contributed by atoms with E-state index in [1.54, 1.807) is 18.2 Å². The highest BCUT2D eigenvalue weighted by Crippen LogP contribution is 2.34. The summed E-state index contributed by atoms with van der Waals surface area (Å²) in [5, 5.41) is 2.20. The Morgan fingerprint density at radius 2 is 1.51 bits per heavy atom. The van der Waals surface area contributed by atoms with Gasteiger partial charge in [0.05, 0.1) is 64.0 Å². The molecule has 1 aromatic rings. The first-order valence-corrected chi connectivity index (χ1v) is 12.5. The Kier molecular flexibility index (Phi) is 11.1. The van der Waals surface area contributed by atoms with Crippen molar-refractivity contribution >= 4 is 35.4 Å². The molecule has 0 radical (unpaired) electrons. The third kappa shape index (κ3) is 7.56. The second kappa shape index (κ2) is 14.3. The standard InChI is InChI=1S/C23H31N3O8S/c24-6-7-31-8-9-32-10-11-33-12-13-34-14-15-35-18-3-1-2-16-20(18)23(30)26(22(16)29)17-4-5-19(27)25-21(17)28/h1-3,17H,4-15,24H2,(H,25,27,28). The van der Waals surface area contributed by atoms with Gasteiger partial charge in [-0.05, 0) is 18.6 Å². The van der Waals surface area contributed by atoms with Gasteiger partial charge < -0.3 is 24.7 Å². The van der Waals surface area contributed by atoms with Gasteiger partial charge >= 0.3 is 0 Å². The van der Waals surface area contributed by atoms with Gasteiger partial charge in [-0.15, -0.1) is 11.8 Å². The maximum Gasteiger partial charge on any atom is 0.263 e. The summed E-state index contributed by atoms with van der Waals surface area (Å²) in [6.07, 6.45) is 0.216. The van der Waals surface area contributed by atoms with Gasteiger partial charge in [0, 0.05) is 23.6 Å². The van der Waals surface area contributed by atoms with Crippen LogP contribution in [0.1, 0.15) is 33.6 Å². The number of fused-ring (bicyclic) bond motifs is 1. The summed E-state index contributed by atoms with van der Waals surface area (Å²) in [5.41, 5.74) is 5.89. The van der Waals surface area contributed by atoms with E-state index < -0.39 is 29.7 Å². The molecule has 2 heterocycles. The second-order valence-corrected chi connectivity index (χ2v) is 8.85. The van der Waals surface area contributed by atoms with E-state index in [0.717, 1.165) is 4.90 Å². The lowest BCUT2D eigenvalue weighted by atomic mass is 10.0. The predicted octanol–water partition coefficient (Wildman–Crippen LogP) is 0.205. The van der Waals surface area contributed by atoms with Crippen molar-refractivity contribution in [2.24, 2.45) is 5.73 Å². The van der Waals surface area contributed by atoms with E-state index in [9.17, 15) is 19.2 Å². The molecule has 4 amide bonds. The highest BCUT2D eigenvalue weighted by atomic mass is 32.2. The topological polar surface area (TPSA) is 146 Å². The molecule has 0 saturated carbocycles. The number of hydrogen-bond donors (Lipinski definition) is 2. The van der Waals surface area contributed by atoms with Crippen LogP contribution in [-0.4, -0.2) is 99.7 Å². The number of amides is 4. The normalized spacial score (nSPS) is 17.7. The van der Waals surface area contributed by atoms with Gasteiger partial charge in [0.15, 0.2) is 0 Å². The number of nitrogens with two attached hydrogens (primary N) is 1. The molecule has 192 valence electrons. The molecule has 1 atom stereocenters. The van der Waals surface area contributed by atoms with Crippen LogP contribution in [0.4, 0.5) is 0 Å². The smallest absolute Gasteiger partial charge is 0.263 e. The average molecular weight is 510 g/mol. The monoisotopic (exact) mass is 509 g/mol. The van der Waals surface area contributed by atoms with Gasteiger partial charge in [-0.2, -0.15) is 0 Å². The SMILES string of the molecule is NCCOCCOCCOCCOCCSc1cccc2c1C(=O)N(C1CCC(=O)NC1=O)C2=O. The molecule has 1 fully saturated rings. The van der Waals surface area contributed by atoms with Gasteiger partial charge in [0.1, 0.15) is 6.04 Å². The van der Waals surface area contributed by atoms with E-state index in [2.05, 4.69) is 5.32 Å². The Hall–Kier alpha value is -2.35. The van der Waals surface area contributed by atoms with Crippen molar-refractivity contribution in [2.45, 2.75) is 23.8 Å². The van der Waals surface area contributed by atoms with Crippen molar-refractivity contribution in [3.05, 3.63) is 29.3 Å². The van der Waals surface area contributed by atoms with E-state index in [0.29, 0.717) is 75.6 Å². The summed E-state index contributed by atoms with van der Waals surface area (Å²) in [4.78, 5) is 51.2. The Balaban J connectivity index is 1.35. The highest BCUT2D eigenvalue weighted by molar-refractivity contribution is 7.99. The van der Waals surface area contributed by atoms with Crippen molar-refractivity contribution < 1.29 is 38.1 Å². The summed E-state index contributed by atoms with van der Waals surface area (Å²) in [6.45, 7) is 4.27. The molecule has 0 aromatic heterocycles. The molecule has 1 saturated heterocycles. The first-order chi connectivity index (χ1) is 17.0. The quantitative estimate of drug-likeness (QED) is 0.180. The number of piperidine rings is 1. The number of carbonyl (C=O) groups is 4. The van der Waals surface area contributed by atoms with E-state index in [4.69, 9.17) is 24.7 Å². The van der Waals surface area contributed by atoms with E-state index in [-0.39, 0.29) is 18.4 Å². The van der Waals surface area contributed by atoms with Crippen LogP contribution in [0, 0.1) is 0 Å². The number of nitrogens with zero attached hydrogens (tertiary/aromatic N) is 1. The average Bonchev–Trinajstić information content (AvgIpc) is 3.10. The largest absolute Gasteiger partial charge is 0.378 e. The third-order valence-electron chi connectivity index (χ3n) is 5.29. The molecular formula is C23H31N3O8S. The number of ether oxygens (including phenoxy) is 4. The summed E-state index contributed by atoms with van der Waals surface area (Å²) in [7, 11) is 0. The third-order valence-corrected chi connectivity index (χ3v) is 6.32. The van der Waals surface area contributed by atoms with Crippen LogP contribution in [0.25, 0.3) is 0 Å². The maximum absolute atomic E-state index is 13.1. The van der Waals surface area contributed by atoms with Crippen molar-refractivity contribution in [1.29, 1.82) is 0 Å². The summed E-state index contributed by atoms with van der Waals surface area (Å²) in [6, 6.07) is 4.08. The molecule has 1 unspecified atom stereocenters. The van der Waals surface area contributed by atoms with E-state index in [1.807, 2.05) is 0 Å².